The van der Waals surface area contributed by atoms with Gasteiger partial charge in [-0.15, -0.1) is 0 Å². The molecule has 0 amide bonds. The number of furan rings is 1. The number of halogens is 2. The summed E-state index contributed by atoms with van der Waals surface area (Å²) >= 11 is 0. The van der Waals surface area contributed by atoms with Crippen LogP contribution in [-0.2, 0) is 4.74 Å². The molecule has 2 aromatic rings. The fourth-order valence-corrected chi connectivity index (χ4v) is 2.00. The number of rotatable bonds is 7. The zero-order valence-electron chi connectivity index (χ0n) is 11.6. The zero-order valence-corrected chi connectivity index (χ0v) is 11.6. The van der Waals surface area contributed by atoms with Crippen molar-refractivity contribution in [1.82, 2.24) is 5.32 Å². The van der Waals surface area contributed by atoms with E-state index >= 15 is 0 Å². The molecule has 1 heterocycles. The Bertz CT molecular complexity index is 560. The maximum Gasteiger partial charge on any atom is 0.159 e. The van der Waals surface area contributed by atoms with Crippen molar-refractivity contribution in [2.75, 3.05) is 20.3 Å². The van der Waals surface area contributed by atoms with E-state index in [4.69, 9.17) is 9.15 Å². The lowest BCUT2D eigenvalue weighted by Gasteiger charge is -2.20. The van der Waals surface area contributed by atoms with Gasteiger partial charge in [-0.25, -0.2) is 8.78 Å². The van der Waals surface area contributed by atoms with Crippen molar-refractivity contribution in [1.29, 1.82) is 0 Å². The summed E-state index contributed by atoms with van der Waals surface area (Å²) in [6.45, 7) is 0.455. The largest absolute Gasteiger partial charge is 0.467 e. The van der Waals surface area contributed by atoms with Crippen molar-refractivity contribution in [2.24, 2.45) is 0 Å². The van der Waals surface area contributed by atoms with Crippen molar-refractivity contribution >= 4 is 0 Å². The summed E-state index contributed by atoms with van der Waals surface area (Å²) in [7, 11) is 1.51. The summed E-state index contributed by atoms with van der Waals surface area (Å²) in [5.41, 5.74) is 0.544. The number of hydrogen-bond donors (Lipinski definition) is 2. The average molecular weight is 297 g/mol. The summed E-state index contributed by atoms with van der Waals surface area (Å²) < 4.78 is 36.4. The van der Waals surface area contributed by atoms with E-state index in [2.05, 4.69) is 5.32 Å². The Morgan fingerprint density at radius 2 is 2.10 bits per heavy atom. The molecule has 1 aromatic carbocycles. The van der Waals surface area contributed by atoms with E-state index in [9.17, 15) is 13.9 Å². The normalized spacial score (nSPS) is 14.1. The first-order valence-electron chi connectivity index (χ1n) is 6.50. The van der Waals surface area contributed by atoms with E-state index in [-0.39, 0.29) is 19.2 Å². The van der Waals surface area contributed by atoms with Crippen molar-refractivity contribution in [3.8, 4) is 0 Å². The van der Waals surface area contributed by atoms with Gasteiger partial charge >= 0.3 is 0 Å². The topological polar surface area (TPSA) is 54.6 Å². The predicted molar refractivity (Wildman–Crippen MR) is 72.6 cm³/mol. The second-order valence-corrected chi connectivity index (χ2v) is 4.62. The van der Waals surface area contributed by atoms with Gasteiger partial charge in [0.15, 0.2) is 11.6 Å². The molecule has 0 saturated carbocycles. The number of hydrogen-bond acceptors (Lipinski definition) is 4. The van der Waals surface area contributed by atoms with Crippen LogP contribution in [0, 0.1) is 11.6 Å². The average Bonchev–Trinajstić information content (AvgIpc) is 3.00. The van der Waals surface area contributed by atoms with Crippen LogP contribution in [0.25, 0.3) is 0 Å². The number of aliphatic hydroxyl groups is 1. The molecule has 2 unspecified atom stereocenters. The highest BCUT2D eigenvalue weighted by Crippen LogP contribution is 2.19. The first-order valence-corrected chi connectivity index (χ1v) is 6.50. The van der Waals surface area contributed by atoms with Crippen LogP contribution < -0.4 is 5.32 Å². The van der Waals surface area contributed by atoms with Gasteiger partial charge in [-0.2, -0.15) is 0 Å². The third-order valence-electron chi connectivity index (χ3n) is 3.11. The summed E-state index contributed by atoms with van der Waals surface area (Å²) in [4.78, 5) is 0. The van der Waals surface area contributed by atoms with Crippen molar-refractivity contribution < 1.29 is 23.0 Å². The van der Waals surface area contributed by atoms with Crippen LogP contribution in [0.4, 0.5) is 8.78 Å². The predicted octanol–water partition coefficient (Wildman–Crippen LogP) is 2.57. The van der Waals surface area contributed by atoms with Crippen LogP contribution in [0.1, 0.15) is 23.5 Å². The maximum absolute atomic E-state index is 13.3. The zero-order chi connectivity index (χ0) is 15.2. The molecule has 114 valence electrons. The highest BCUT2D eigenvalue weighted by Gasteiger charge is 2.17. The smallest absolute Gasteiger partial charge is 0.159 e. The van der Waals surface area contributed by atoms with Gasteiger partial charge in [0.2, 0.25) is 0 Å². The van der Waals surface area contributed by atoms with Gasteiger partial charge in [0, 0.05) is 13.7 Å². The van der Waals surface area contributed by atoms with Gasteiger partial charge in [-0.3, -0.25) is 0 Å². The molecule has 1 aromatic heterocycles. The first-order chi connectivity index (χ1) is 10.1. The number of ether oxygens (including phenoxy) is 1. The minimum absolute atomic E-state index is 0.195. The minimum atomic E-state index is -0.915. The maximum atomic E-state index is 13.3. The Labute approximate surface area is 121 Å². The van der Waals surface area contributed by atoms with Crippen LogP contribution in [-0.4, -0.2) is 25.4 Å². The molecule has 0 radical (unpaired) electrons. The highest BCUT2D eigenvalue weighted by atomic mass is 19.2. The van der Waals surface area contributed by atoms with E-state index in [0.717, 1.165) is 12.1 Å². The van der Waals surface area contributed by atoms with Crippen LogP contribution in [0.3, 0.4) is 0 Å². The van der Waals surface area contributed by atoms with E-state index < -0.39 is 17.7 Å². The van der Waals surface area contributed by atoms with Crippen LogP contribution >= 0.6 is 0 Å². The van der Waals surface area contributed by atoms with Gasteiger partial charge in [0.25, 0.3) is 0 Å². The Morgan fingerprint density at radius 1 is 1.29 bits per heavy atom. The summed E-state index contributed by atoms with van der Waals surface area (Å²) in [6, 6.07) is 6.64. The highest BCUT2D eigenvalue weighted by molar-refractivity contribution is 5.21. The fraction of sp³-hybridized carbons (Fsp3) is 0.333. The summed E-state index contributed by atoms with van der Waals surface area (Å²) in [5, 5.41) is 13.0. The summed E-state index contributed by atoms with van der Waals surface area (Å²) in [5.74, 6) is -1.38. The molecular formula is C15H17F2NO3. The number of methoxy groups -OCH3 is 1. The second-order valence-electron chi connectivity index (χ2n) is 4.62. The quantitative estimate of drug-likeness (QED) is 0.825. The molecule has 2 atom stereocenters. The fourth-order valence-electron chi connectivity index (χ4n) is 2.00. The molecule has 0 spiro atoms. The lowest BCUT2D eigenvalue weighted by Crippen LogP contribution is -2.29. The molecule has 2 rings (SSSR count). The molecule has 0 fully saturated rings. The molecular weight excluding hydrogens is 280 g/mol. The van der Waals surface area contributed by atoms with Crippen molar-refractivity contribution in [2.45, 2.75) is 12.1 Å². The summed E-state index contributed by atoms with van der Waals surface area (Å²) in [6.07, 6.45) is 0.644. The van der Waals surface area contributed by atoms with Gasteiger partial charge in [0.1, 0.15) is 11.9 Å². The lowest BCUT2D eigenvalue weighted by atomic mass is 10.1. The number of benzene rings is 1. The SMILES string of the molecule is COCC(NCC(O)c1ccco1)c1ccc(F)c(F)c1. The van der Waals surface area contributed by atoms with Gasteiger partial charge in [-0.1, -0.05) is 6.07 Å². The van der Waals surface area contributed by atoms with Crippen LogP contribution in [0.2, 0.25) is 0 Å². The van der Waals surface area contributed by atoms with Gasteiger partial charge in [0.05, 0.1) is 18.9 Å². The minimum Gasteiger partial charge on any atom is -0.467 e. The molecule has 6 heteroatoms. The second kappa shape index (κ2) is 7.31. The van der Waals surface area contributed by atoms with Crippen molar-refractivity contribution in [3.05, 3.63) is 59.6 Å². The van der Waals surface area contributed by atoms with Gasteiger partial charge < -0.3 is 19.6 Å². The molecule has 4 nitrogen and oxygen atoms in total. The molecule has 0 aliphatic rings. The van der Waals surface area contributed by atoms with Crippen LogP contribution in [0.5, 0.6) is 0 Å². The number of aliphatic hydroxyl groups excluding tert-OH is 1. The van der Waals surface area contributed by atoms with Gasteiger partial charge in [-0.05, 0) is 29.8 Å². The van der Waals surface area contributed by atoms with E-state index in [1.165, 1.54) is 19.4 Å². The molecule has 0 bridgehead atoms. The Hall–Kier alpha value is -1.76. The third kappa shape index (κ3) is 4.10. The van der Waals surface area contributed by atoms with E-state index in [0.29, 0.717) is 11.3 Å². The molecule has 21 heavy (non-hydrogen) atoms. The third-order valence-corrected chi connectivity index (χ3v) is 3.11. The molecule has 0 aliphatic heterocycles. The van der Waals surface area contributed by atoms with Crippen LogP contribution in [0.15, 0.2) is 41.0 Å². The Kier molecular flexibility index (Phi) is 5.44. The Balaban J connectivity index is 2.03. The van der Waals surface area contributed by atoms with E-state index in [1.54, 1.807) is 12.1 Å². The number of nitrogens with one attached hydrogen (secondary N) is 1. The Morgan fingerprint density at radius 3 is 2.71 bits per heavy atom. The van der Waals surface area contributed by atoms with E-state index in [1.807, 2.05) is 0 Å². The first kappa shape index (κ1) is 15.6. The molecule has 0 aliphatic carbocycles. The molecule has 0 saturated heterocycles. The standard InChI is InChI=1S/C15H17F2NO3/c1-20-9-13(10-4-5-11(16)12(17)7-10)18-8-14(19)15-3-2-6-21-15/h2-7,13-14,18-19H,8-9H2,1H3. The van der Waals surface area contributed by atoms with Crippen molar-refractivity contribution in [3.63, 3.8) is 0 Å². The lowest BCUT2D eigenvalue weighted by molar-refractivity contribution is 0.125. The molecule has 2 N–H and O–H groups in total. The monoisotopic (exact) mass is 297 g/mol.